The Kier molecular flexibility index (Phi) is 7.86. The Balaban J connectivity index is 1.55. The van der Waals surface area contributed by atoms with Crippen molar-refractivity contribution in [3.05, 3.63) is 0 Å². The van der Waals surface area contributed by atoms with E-state index >= 15 is 0 Å². The Bertz CT molecular complexity index is 473. The Hall–Kier alpha value is -0.160. The summed E-state index contributed by atoms with van der Waals surface area (Å²) in [5.41, 5.74) is 0.526. The van der Waals surface area contributed by atoms with Crippen LogP contribution < -0.4 is 5.32 Å². The van der Waals surface area contributed by atoms with Crippen LogP contribution in [0, 0.1) is 0 Å². The van der Waals surface area contributed by atoms with E-state index in [1.165, 1.54) is 77.7 Å². The number of nitrogens with one attached hydrogen (secondary N) is 1. The molecule has 3 aliphatic rings. The Morgan fingerprint density at radius 3 is 2.25 bits per heavy atom. The standard InChI is InChI=1S/C24H48N4/c1-7-26-13-10-23(27(16-15-26)19(2)3)17-21(6)25-22-9-14-28(20(4)5)24(18-22)11-8-12-24/h19-23,25H,7-18H2,1-6H3. The van der Waals surface area contributed by atoms with Crippen molar-refractivity contribution in [2.75, 3.05) is 32.7 Å². The number of likely N-dealkylation sites (tertiary alicyclic amines) is 1. The largest absolute Gasteiger partial charge is 0.311 e. The first-order chi connectivity index (χ1) is 13.3. The normalized spacial score (nSPS) is 31.3. The molecule has 3 rings (SSSR count). The monoisotopic (exact) mass is 392 g/mol. The summed E-state index contributed by atoms with van der Waals surface area (Å²) in [7, 11) is 0. The smallest absolute Gasteiger partial charge is 0.0227 e. The number of hydrogen-bond donors (Lipinski definition) is 1. The van der Waals surface area contributed by atoms with E-state index in [-0.39, 0.29) is 0 Å². The van der Waals surface area contributed by atoms with E-state index in [4.69, 9.17) is 0 Å². The van der Waals surface area contributed by atoms with Crippen LogP contribution in [0.2, 0.25) is 0 Å². The van der Waals surface area contributed by atoms with Crippen molar-refractivity contribution in [2.45, 2.75) is 122 Å². The Labute approximate surface area is 175 Å². The number of rotatable bonds is 7. The van der Waals surface area contributed by atoms with Gasteiger partial charge in [0.05, 0.1) is 0 Å². The van der Waals surface area contributed by atoms with Crippen molar-refractivity contribution >= 4 is 0 Å². The van der Waals surface area contributed by atoms with Crippen LogP contribution in [0.25, 0.3) is 0 Å². The third-order valence-electron chi connectivity index (χ3n) is 8.04. The first-order valence-corrected chi connectivity index (χ1v) is 12.4. The van der Waals surface area contributed by atoms with Gasteiger partial charge in [-0.1, -0.05) is 6.92 Å². The molecule has 164 valence electrons. The highest BCUT2D eigenvalue weighted by molar-refractivity contribution is 5.05. The highest BCUT2D eigenvalue weighted by Gasteiger charge is 2.47. The predicted molar refractivity (Wildman–Crippen MR) is 121 cm³/mol. The second kappa shape index (κ2) is 9.76. The topological polar surface area (TPSA) is 21.8 Å². The average molecular weight is 393 g/mol. The van der Waals surface area contributed by atoms with Crippen LogP contribution in [0.4, 0.5) is 0 Å². The maximum Gasteiger partial charge on any atom is 0.0227 e. The highest BCUT2D eigenvalue weighted by Crippen LogP contribution is 2.45. The maximum atomic E-state index is 4.09. The zero-order chi connectivity index (χ0) is 20.3. The minimum atomic E-state index is 0.526. The van der Waals surface area contributed by atoms with Gasteiger partial charge >= 0.3 is 0 Å². The lowest BCUT2D eigenvalue weighted by Gasteiger charge is -2.57. The van der Waals surface area contributed by atoms with Crippen molar-refractivity contribution in [1.82, 2.24) is 20.0 Å². The Morgan fingerprint density at radius 1 is 0.929 bits per heavy atom. The molecule has 0 aromatic carbocycles. The molecule has 0 aromatic rings. The third-order valence-corrected chi connectivity index (χ3v) is 8.04. The number of nitrogens with zero attached hydrogens (tertiary/aromatic N) is 3. The molecule has 0 aromatic heterocycles. The molecule has 0 amide bonds. The summed E-state index contributed by atoms with van der Waals surface area (Å²) in [5, 5.41) is 4.09. The van der Waals surface area contributed by atoms with Crippen LogP contribution >= 0.6 is 0 Å². The first-order valence-electron chi connectivity index (χ1n) is 12.4. The van der Waals surface area contributed by atoms with Gasteiger partial charge in [-0.25, -0.2) is 0 Å². The van der Waals surface area contributed by atoms with Gasteiger partial charge in [0.15, 0.2) is 0 Å². The summed E-state index contributed by atoms with van der Waals surface area (Å²) in [6.07, 6.45) is 9.61. The van der Waals surface area contributed by atoms with Gasteiger partial charge < -0.3 is 10.2 Å². The van der Waals surface area contributed by atoms with E-state index in [1.54, 1.807) is 0 Å². The fraction of sp³-hybridized carbons (Fsp3) is 1.00. The van der Waals surface area contributed by atoms with E-state index < -0.39 is 0 Å². The van der Waals surface area contributed by atoms with E-state index in [0.29, 0.717) is 23.7 Å². The van der Waals surface area contributed by atoms with Crippen LogP contribution in [0.5, 0.6) is 0 Å². The summed E-state index contributed by atoms with van der Waals surface area (Å²) >= 11 is 0. The molecule has 1 spiro atoms. The number of piperidine rings is 1. The van der Waals surface area contributed by atoms with E-state index in [9.17, 15) is 0 Å². The minimum Gasteiger partial charge on any atom is -0.311 e. The van der Waals surface area contributed by atoms with Gasteiger partial charge in [0, 0.05) is 55.4 Å². The molecular weight excluding hydrogens is 344 g/mol. The fourth-order valence-corrected chi connectivity index (χ4v) is 6.41. The van der Waals surface area contributed by atoms with Crippen molar-refractivity contribution in [3.8, 4) is 0 Å². The van der Waals surface area contributed by atoms with Crippen LogP contribution in [0.15, 0.2) is 0 Å². The molecule has 1 N–H and O–H groups in total. The number of likely N-dealkylation sites (N-methyl/N-ethyl adjacent to an activating group) is 1. The van der Waals surface area contributed by atoms with Gasteiger partial charge in [0.25, 0.3) is 0 Å². The van der Waals surface area contributed by atoms with Crippen molar-refractivity contribution < 1.29 is 0 Å². The molecule has 2 saturated heterocycles. The van der Waals surface area contributed by atoms with Crippen molar-refractivity contribution in [3.63, 3.8) is 0 Å². The lowest BCUT2D eigenvalue weighted by molar-refractivity contribution is -0.0497. The maximum absolute atomic E-state index is 4.09. The van der Waals surface area contributed by atoms with Crippen LogP contribution in [0.1, 0.15) is 86.5 Å². The number of hydrogen-bond acceptors (Lipinski definition) is 4. The van der Waals surface area contributed by atoms with Gasteiger partial charge in [-0.3, -0.25) is 9.80 Å². The third kappa shape index (κ3) is 5.11. The molecule has 1 saturated carbocycles. The van der Waals surface area contributed by atoms with Crippen molar-refractivity contribution in [2.24, 2.45) is 0 Å². The minimum absolute atomic E-state index is 0.526. The second-order valence-electron chi connectivity index (χ2n) is 10.6. The van der Waals surface area contributed by atoms with E-state index in [0.717, 1.165) is 12.1 Å². The van der Waals surface area contributed by atoms with E-state index in [2.05, 4.69) is 61.6 Å². The van der Waals surface area contributed by atoms with E-state index in [1.807, 2.05) is 0 Å². The second-order valence-corrected chi connectivity index (χ2v) is 10.6. The zero-order valence-corrected chi connectivity index (χ0v) is 19.7. The summed E-state index contributed by atoms with van der Waals surface area (Å²) < 4.78 is 0. The summed E-state index contributed by atoms with van der Waals surface area (Å²) in [6, 6.07) is 3.42. The predicted octanol–water partition coefficient (Wildman–Crippen LogP) is 3.95. The SMILES string of the molecule is CCN1CCC(CC(C)NC2CCN(C(C)C)C3(CCC3)C2)N(C(C)C)CC1. The first kappa shape index (κ1) is 22.5. The molecule has 3 atom stereocenters. The van der Waals surface area contributed by atoms with Crippen LogP contribution in [-0.2, 0) is 0 Å². The molecule has 0 radical (unpaired) electrons. The fourth-order valence-electron chi connectivity index (χ4n) is 6.41. The lowest BCUT2D eigenvalue weighted by atomic mass is 9.68. The van der Waals surface area contributed by atoms with Crippen molar-refractivity contribution in [1.29, 1.82) is 0 Å². The van der Waals surface area contributed by atoms with Crippen LogP contribution in [0.3, 0.4) is 0 Å². The molecule has 2 heterocycles. The average Bonchev–Trinajstić information content (AvgIpc) is 2.82. The van der Waals surface area contributed by atoms with Gasteiger partial charge in [-0.05, 0) is 92.7 Å². The zero-order valence-electron chi connectivity index (χ0n) is 19.7. The summed E-state index contributed by atoms with van der Waals surface area (Å²) in [6.45, 7) is 20.5. The molecule has 4 heteroatoms. The quantitative estimate of drug-likeness (QED) is 0.708. The Morgan fingerprint density at radius 2 is 1.68 bits per heavy atom. The molecule has 3 unspecified atom stereocenters. The summed E-state index contributed by atoms with van der Waals surface area (Å²) in [4.78, 5) is 8.24. The lowest BCUT2D eigenvalue weighted by Crippen LogP contribution is -2.63. The molecule has 4 nitrogen and oxygen atoms in total. The molecular formula is C24H48N4. The van der Waals surface area contributed by atoms with Gasteiger partial charge in [0.1, 0.15) is 0 Å². The highest BCUT2D eigenvalue weighted by atomic mass is 15.3. The van der Waals surface area contributed by atoms with Gasteiger partial charge in [-0.15, -0.1) is 0 Å². The van der Waals surface area contributed by atoms with Gasteiger partial charge in [-0.2, -0.15) is 0 Å². The molecule has 3 fully saturated rings. The van der Waals surface area contributed by atoms with Gasteiger partial charge in [0.2, 0.25) is 0 Å². The van der Waals surface area contributed by atoms with Crippen LogP contribution in [-0.4, -0.2) is 83.2 Å². The molecule has 28 heavy (non-hydrogen) atoms. The molecule has 1 aliphatic carbocycles. The molecule has 2 aliphatic heterocycles. The molecule has 0 bridgehead atoms. The summed E-state index contributed by atoms with van der Waals surface area (Å²) in [5.74, 6) is 0.